The van der Waals surface area contributed by atoms with E-state index in [0.717, 1.165) is 33.2 Å². The van der Waals surface area contributed by atoms with Gasteiger partial charge < -0.3 is 10.8 Å². The van der Waals surface area contributed by atoms with Gasteiger partial charge in [0.25, 0.3) is 0 Å². The molecule has 0 saturated heterocycles. The van der Waals surface area contributed by atoms with Crippen LogP contribution in [-0.2, 0) is 0 Å². The van der Waals surface area contributed by atoms with E-state index in [1.54, 1.807) is 11.8 Å². The highest BCUT2D eigenvalue weighted by atomic mass is 35.5. The van der Waals surface area contributed by atoms with Crippen molar-refractivity contribution in [1.82, 2.24) is 0 Å². The Hall–Kier alpha value is -1.00. The Morgan fingerprint density at radius 3 is 2.43 bits per heavy atom. The first-order valence-corrected chi connectivity index (χ1v) is 8.30. The van der Waals surface area contributed by atoms with Crippen molar-refractivity contribution < 1.29 is 5.11 Å². The van der Waals surface area contributed by atoms with Crippen LogP contribution in [0.2, 0.25) is 5.02 Å². The summed E-state index contributed by atoms with van der Waals surface area (Å²) in [6.45, 7) is 0. The number of aliphatic hydroxyl groups excluding tert-OH is 1. The largest absolute Gasteiger partial charge is 0.391 e. The highest BCUT2D eigenvalue weighted by Crippen LogP contribution is 2.40. The van der Waals surface area contributed by atoms with Crippen LogP contribution in [0.15, 0.2) is 58.3 Å². The molecule has 0 aromatic heterocycles. The minimum Gasteiger partial charge on any atom is -0.391 e. The lowest BCUT2D eigenvalue weighted by atomic mass is 9.99. The molecule has 0 heterocycles. The van der Waals surface area contributed by atoms with Gasteiger partial charge in [-0.1, -0.05) is 41.6 Å². The Morgan fingerprint density at radius 1 is 1.10 bits per heavy atom. The van der Waals surface area contributed by atoms with Crippen molar-refractivity contribution in [3.05, 3.63) is 59.1 Å². The maximum Gasteiger partial charge on any atom is 0.0761 e. The third-order valence-corrected chi connectivity index (χ3v) is 5.14. The normalized spacial score (nSPS) is 17.5. The van der Waals surface area contributed by atoms with Crippen LogP contribution in [-0.4, -0.2) is 11.2 Å². The van der Waals surface area contributed by atoms with Gasteiger partial charge in [0.2, 0.25) is 0 Å². The molecule has 1 aliphatic rings. The van der Waals surface area contributed by atoms with Crippen LogP contribution >= 0.6 is 23.4 Å². The van der Waals surface area contributed by atoms with E-state index in [2.05, 4.69) is 0 Å². The van der Waals surface area contributed by atoms with Crippen LogP contribution in [0.3, 0.4) is 0 Å². The van der Waals surface area contributed by atoms with E-state index >= 15 is 0 Å². The van der Waals surface area contributed by atoms with Crippen molar-refractivity contribution in [3.63, 3.8) is 0 Å². The Balaban J connectivity index is 1.83. The summed E-state index contributed by atoms with van der Waals surface area (Å²) in [7, 11) is 0. The summed E-state index contributed by atoms with van der Waals surface area (Å²) in [5.41, 5.74) is 7.28. The van der Waals surface area contributed by atoms with E-state index in [-0.39, 0.29) is 6.04 Å². The molecule has 1 aliphatic carbocycles. The molecule has 0 amide bonds. The molecule has 3 N–H and O–H groups in total. The predicted molar refractivity (Wildman–Crippen MR) is 87.7 cm³/mol. The fraction of sp³-hybridized carbons (Fsp3) is 0.294. The second-order valence-corrected chi connectivity index (χ2v) is 7.00. The number of hydrogen-bond acceptors (Lipinski definition) is 3. The number of aliphatic hydroxyl groups is 1. The number of rotatable bonds is 5. The summed E-state index contributed by atoms with van der Waals surface area (Å²) in [6, 6.07) is 15.4. The zero-order valence-corrected chi connectivity index (χ0v) is 13.1. The quantitative estimate of drug-likeness (QED) is 0.865. The van der Waals surface area contributed by atoms with Gasteiger partial charge >= 0.3 is 0 Å². The molecule has 2 atom stereocenters. The molecule has 4 heteroatoms. The number of benzene rings is 2. The summed E-state index contributed by atoms with van der Waals surface area (Å²) >= 11 is 7.57. The molecule has 0 aliphatic heterocycles. The Bertz CT molecular complexity index is 612. The average Bonchev–Trinajstić information content (AvgIpc) is 3.33. The molecule has 0 radical (unpaired) electrons. The molecule has 0 bridgehead atoms. The fourth-order valence-electron chi connectivity index (χ4n) is 2.39. The van der Waals surface area contributed by atoms with Gasteiger partial charge in [-0.3, -0.25) is 0 Å². The molecule has 2 aromatic carbocycles. The van der Waals surface area contributed by atoms with Crippen LogP contribution in [0.5, 0.6) is 0 Å². The lowest BCUT2D eigenvalue weighted by molar-refractivity contribution is 0.121. The van der Waals surface area contributed by atoms with Gasteiger partial charge in [-0.15, -0.1) is 0 Å². The van der Waals surface area contributed by atoms with Crippen LogP contribution in [0.4, 0.5) is 0 Å². The van der Waals surface area contributed by atoms with E-state index in [4.69, 9.17) is 17.3 Å². The molecule has 0 spiro atoms. The molecule has 1 fully saturated rings. The molecule has 3 rings (SSSR count). The van der Waals surface area contributed by atoms with Gasteiger partial charge in [-0.2, -0.15) is 0 Å². The third-order valence-electron chi connectivity index (χ3n) is 3.79. The van der Waals surface area contributed by atoms with E-state index in [0.29, 0.717) is 5.92 Å². The highest BCUT2D eigenvalue weighted by molar-refractivity contribution is 7.99. The van der Waals surface area contributed by atoms with Crippen molar-refractivity contribution in [2.75, 3.05) is 0 Å². The topological polar surface area (TPSA) is 46.2 Å². The summed E-state index contributed by atoms with van der Waals surface area (Å²) in [6.07, 6.45) is 1.72. The highest BCUT2D eigenvalue weighted by Gasteiger charge is 2.34. The zero-order valence-electron chi connectivity index (χ0n) is 11.6. The number of hydrogen-bond donors (Lipinski definition) is 2. The van der Waals surface area contributed by atoms with E-state index in [1.807, 2.05) is 48.5 Å². The van der Waals surface area contributed by atoms with Crippen molar-refractivity contribution in [1.29, 1.82) is 0 Å². The minimum absolute atomic E-state index is 0.325. The number of halogens is 1. The smallest absolute Gasteiger partial charge is 0.0761 e. The number of nitrogens with two attached hydrogens (primary N) is 1. The van der Waals surface area contributed by atoms with E-state index in [9.17, 15) is 5.11 Å². The van der Waals surface area contributed by atoms with Gasteiger partial charge in [0, 0.05) is 14.8 Å². The van der Waals surface area contributed by atoms with Crippen LogP contribution < -0.4 is 5.73 Å². The van der Waals surface area contributed by atoms with Gasteiger partial charge in [-0.25, -0.2) is 0 Å². The summed E-state index contributed by atoms with van der Waals surface area (Å²) in [4.78, 5) is 2.20. The van der Waals surface area contributed by atoms with Gasteiger partial charge in [0.1, 0.15) is 0 Å². The van der Waals surface area contributed by atoms with E-state index in [1.165, 1.54) is 0 Å². The monoisotopic (exact) mass is 319 g/mol. The molecular weight excluding hydrogens is 302 g/mol. The predicted octanol–water partition coefficient (Wildman–Crippen LogP) is 4.26. The standard InChI is InChI=1S/C17H18ClNOS/c18-12-7-9-13(10-8-12)21-15-4-2-1-3-14(15)16(19)17(20)11-5-6-11/h1-4,7-11,16-17,20H,5-6,19H2/t16-,17+/m0/s1. The minimum atomic E-state index is -0.447. The lowest BCUT2D eigenvalue weighted by Gasteiger charge is -2.21. The third kappa shape index (κ3) is 3.61. The Kier molecular flexibility index (Phi) is 4.55. The first kappa shape index (κ1) is 14.9. The Morgan fingerprint density at radius 2 is 1.76 bits per heavy atom. The van der Waals surface area contributed by atoms with Crippen LogP contribution in [0.1, 0.15) is 24.4 Å². The van der Waals surface area contributed by atoms with Gasteiger partial charge in [0.05, 0.1) is 12.1 Å². The fourth-order valence-corrected chi connectivity index (χ4v) is 3.51. The molecule has 110 valence electrons. The summed E-state index contributed by atoms with van der Waals surface area (Å²) in [5.74, 6) is 0.369. The molecule has 1 saturated carbocycles. The van der Waals surface area contributed by atoms with Gasteiger partial charge in [0.15, 0.2) is 0 Å². The van der Waals surface area contributed by atoms with Crippen LogP contribution in [0.25, 0.3) is 0 Å². The molecule has 2 aromatic rings. The summed E-state index contributed by atoms with van der Waals surface area (Å²) < 4.78 is 0. The molecule has 21 heavy (non-hydrogen) atoms. The summed E-state index contributed by atoms with van der Waals surface area (Å²) in [5, 5.41) is 11.0. The lowest BCUT2D eigenvalue weighted by Crippen LogP contribution is -2.28. The van der Waals surface area contributed by atoms with Crippen molar-refractivity contribution in [2.24, 2.45) is 11.7 Å². The molecule has 0 unspecified atom stereocenters. The van der Waals surface area contributed by atoms with E-state index < -0.39 is 6.10 Å². The first-order chi connectivity index (χ1) is 10.1. The van der Waals surface area contributed by atoms with Crippen LogP contribution in [0, 0.1) is 5.92 Å². The second-order valence-electron chi connectivity index (χ2n) is 5.45. The zero-order chi connectivity index (χ0) is 14.8. The first-order valence-electron chi connectivity index (χ1n) is 7.11. The average molecular weight is 320 g/mol. The molecule has 2 nitrogen and oxygen atoms in total. The maximum atomic E-state index is 10.3. The van der Waals surface area contributed by atoms with Crippen molar-refractivity contribution in [2.45, 2.75) is 34.8 Å². The van der Waals surface area contributed by atoms with Gasteiger partial charge in [-0.05, 0) is 54.7 Å². The second kappa shape index (κ2) is 6.41. The Labute approximate surface area is 134 Å². The van der Waals surface area contributed by atoms with Crippen molar-refractivity contribution >= 4 is 23.4 Å². The SMILES string of the molecule is N[C@@H](c1ccccc1Sc1ccc(Cl)cc1)[C@H](O)C1CC1. The maximum absolute atomic E-state index is 10.3. The molecular formula is C17H18ClNOS. The van der Waals surface area contributed by atoms with Crippen molar-refractivity contribution in [3.8, 4) is 0 Å².